The third-order valence-corrected chi connectivity index (χ3v) is 7.62. The summed E-state index contributed by atoms with van der Waals surface area (Å²) in [5.74, 6) is 0.275. The van der Waals surface area contributed by atoms with Crippen molar-refractivity contribution in [3.8, 4) is 5.75 Å². The molecular formula is C30H25N3O4S. The molecule has 5 aromatic rings. The fourth-order valence-electron chi connectivity index (χ4n) is 3.98. The molecule has 4 aromatic carbocycles. The average molecular weight is 524 g/mol. The Balaban J connectivity index is 1.33. The maximum Gasteiger partial charge on any atom is 0.268 e. The Morgan fingerprint density at radius 2 is 1.68 bits per heavy atom. The van der Waals surface area contributed by atoms with Gasteiger partial charge in [0.05, 0.1) is 21.8 Å². The highest BCUT2D eigenvalue weighted by atomic mass is 32.2. The number of fused-ring (bicyclic) bond motifs is 1. The molecule has 8 heteroatoms. The number of hydrogen-bond donors (Lipinski definition) is 2. The van der Waals surface area contributed by atoms with Crippen LogP contribution < -0.4 is 15.8 Å². The molecule has 0 saturated heterocycles. The Hall–Kier alpha value is -4.82. The van der Waals surface area contributed by atoms with Gasteiger partial charge in [0.15, 0.2) is 0 Å². The topological polar surface area (TPSA) is 103 Å². The van der Waals surface area contributed by atoms with Crippen molar-refractivity contribution in [3.63, 3.8) is 0 Å². The fraction of sp³-hybridized carbons (Fsp3) is 0.0333. The van der Waals surface area contributed by atoms with Gasteiger partial charge < -0.3 is 15.8 Å². The summed E-state index contributed by atoms with van der Waals surface area (Å²) in [6.45, 7) is 0.419. The van der Waals surface area contributed by atoms with Gasteiger partial charge in [-0.1, -0.05) is 54.6 Å². The first-order chi connectivity index (χ1) is 18.4. The lowest BCUT2D eigenvalue weighted by atomic mass is 10.2. The Bertz CT molecular complexity index is 1740. The molecule has 0 atom stereocenters. The summed E-state index contributed by atoms with van der Waals surface area (Å²) in [4.78, 5) is 12.4. The lowest BCUT2D eigenvalue weighted by Crippen LogP contribution is -2.12. The normalized spacial score (nSPS) is 11.6. The lowest BCUT2D eigenvalue weighted by Gasteiger charge is -2.10. The summed E-state index contributed by atoms with van der Waals surface area (Å²) in [7, 11) is -3.88. The third-order valence-electron chi connectivity index (χ3n) is 5.93. The van der Waals surface area contributed by atoms with E-state index in [9.17, 15) is 13.2 Å². The number of anilines is 2. The molecule has 0 fully saturated rings. The average Bonchev–Trinajstić information content (AvgIpc) is 3.37. The maximum absolute atomic E-state index is 13.5. The van der Waals surface area contributed by atoms with Crippen LogP contribution in [0.3, 0.4) is 0 Å². The molecule has 0 aliphatic rings. The summed E-state index contributed by atoms with van der Waals surface area (Å²) in [6, 6.07) is 30.2. The Morgan fingerprint density at radius 1 is 0.895 bits per heavy atom. The first kappa shape index (κ1) is 24.9. The number of para-hydroxylation sites is 2. The predicted molar refractivity (Wildman–Crippen MR) is 150 cm³/mol. The molecule has 1 aromatic heterocycles. The molecule has 0 aliphatic carbocycles. The minimum absolute atomic E-state index is 0.106. The second-order valence-corrected chi connectivity index (χ2v) is 10.4. The lowest BCUT2D eigenvalue weighted by molar-refractivity contribution is -0.111. The highest BCUT2D eigenvalue weighted by molar-refractivity contribution is 7.90. The number of benzene rings is 4. The van der Waals surface area contributed by atoms with Crippen LogP contribution in [-0.2, 0) is 21.4 Å². The van der Waals surface area contributed by atoms with Crippen LogP contribution in [0.25, 0.3) is 17.0 Å². The second-order valence-electron chi connectivity index (χ2n) is 8.59. The van der Waals surface area contributed by atoms with Gasteiger partial charge in [-0.15, -0.1) is 0 Å². The predicted octanol–water partition coefficient (Wildman–Crippen LogP) is 5.69. The molecule has 0 aliphatic heterocycles. The molecule has 1 heterocycles. The Kier molecular flexibility index (Phi) is 6.97. The number of amides is 1. The summed E-state index contributed by atoms with van der Waals surface area (Å²) >= 11 is 0. The van der Waals surface area contributed by atoms with Crippen molar-refractivity contribution in [2.45, 2.75) is 11.5 Å². The van der Waals surface area contributed by atoms with Crippen LogP contribution in [0.5, 0.6) is 5.75 Å². The fourth-order valence-corrected chi connectivity index (χ4v) is 5.39. The highest BCUT2D eigenvalue weighted by Crippen LogP contribution is 2.27. The number of hydrogen-bond acceptors (Lipinski definition) is 5. The number of nitrogens with one attached hydrogen (secondary N) is 1. The molecular weight excluding hydrogens is 498 g/mol. The minimum atomic E-state index is -3.88. The summed E-state index contributed by atoms with van der Waals surface area (Å²) in [5, 5.41) is 3.45. The number of aromatic nitrogens is 1. The summed E-state index contributed by atoms with van der Waals surface area (Å²) in [6.07, 6.45) is 4.42. The Labute approximate surface area is 220 Å². The minimum Gasteiger partial charge on any atom is -0.489 e. The van der Waals surface area contributed by atoms with Crippen LogP contribution >= 0.6 is 0 Å². The quantitative estimate of drug-likeness (QED) is 0.201. The smallest absolute Gasteiger partial charge is 0.268 e. The van der Waals surface area contributed by atoms with Gasteiger partial charge in [0, 0.05) is 17.7 Å². The van der Waals surface area contributed by atoms with Crippen LogP contribution in [0.2, 0.25) is 0 Å². The van der Waals surface area contributed by atoms with Crippen LogP contribution in [-0.4, -0.2) is 18.3 Å². The third kappa shape index (κ3) is 5.45. The van der Waals surface area contributed by atoms with Gasteiger partial charge >= 0.3 is 0 Å². The van der Waals surface area contributed by atoms with Crippen molar-refractivity contribution in [3.05, 3.63) is 127 Å². The Morgan fingerprint density at radius 3 is 2.50 bits per heavy atom. The van der Waals surface area contributed by atoms with Crippen molar-refractivity contribution < 1.29 is 17.9 Å². The van der Waals surface area contributed by atoms with Gasteiger partial charge in [-0.3, -0.25) is 4.79 Å². The number of nitrogens with zero attached hydrogens (tertiary/aromatic N) is 1. The van der Waals surface area contributed by atoms with Gasteiger partial charge in [-0.25, -0.2) is 12.4 Å². The molecule has 190 valence electrons. The standard InChI is InChI=1S/C30H25N3O4S/c31-27-11-4-5-12-28(27)32-30(34)16-13-22-9-6-10-26(19-22)38(35,36)33-18-17-24-20-25(14-15-29(24)33)37-21-23-7-2-1-3-8-23/h1-20H,21,31H2,(H,32,34)/b16-13+. The number of rotatable bonds is 8. The first-order valence-electron chi connectivity index (χ1n) is 11.9. The van der Waals surface area contributed by atoms with E-state index in [1.807, 2.05) is 36.4 Å². The zero-order valence-electron chi connectivity index (χ0n) is 20.3. The van der Waals surface area contributed by atoms with Gasteiger partial charge in [-0.05, 0) is 65.7 Å². The second kappa shape index (κ2) is 10.7. The maximum atomic E-state index is 13.5. The molecule has 0 bridgehead atoms. The highest BCUT2D eigenvalue weighted by Gasteiger charge is 2.19. The molecule has 0 saturated carbocycles. The largest absolute Gasteiger partial charge is 0.489 e. The zero-order valence-corrected chi connectivity index (χ0v) is 21.1. The van der Waals surface area contributed by atoms with Gasteiger partial charge in [-0.2, -0.15) is 0 Å². The van der Waals surface area contributed by atoms with Crippen molar-refractivity contribution >= 4 is 44.3 Å². The van der Waals surface area contributed by atoms with E-state index >= 15 is 0 Å². The van der Waals surface area contributed by atoms with E-state index < -0.39 is 10.0 Å². The van der Waals surface area contributed by atoms with E-state index in [4.69, 9.17) is 10.5 Å². The van der Waals surface area contributed by atoms with Crippen molar-refractivity contribution in [2.75, 3.05) is 11.1 Å². The molecule has 38 heavy (non-hydrogen) atoms. The molecule has 5 rings (SSSR count). The van der Waals surface area contributed by atoms with E-state index in [0.717, 1.165) is 10.9 Å². The van der Waals surface area contributed by atoms with Gasteiger partial charge in [0.25, 0.3) is 10.0 Å². The van der Waals surface area contributed by atoms with Crippen molar-refractivity contribution in [1.29, 1.82) is 0 Å². The first-order valence-corrected chi connectivity index (χ1v) is 13.3. The van der Waals surface area contributed by atoms with Crippen LogP contribution in [0, 0.1) is 0 Å². The van der Waals surface area contributed by atoms with Crippen molar-refractivity contribution in [1.82, 2.24) is 3.97 Å². The molecule has 1 amide bonds. The number of carbonyl (C=O) groups excluding carboxylic acids is 1. The van der Waals surface area contributed by atoms with Gasteiger partial charge in [0.2, 0.25) is 5.91 Å². The number of nitrogen functional groups attached to an aromatic ring is 1. The monoisotopic (exact) mass is 523 g/mol. The summed E-state index contributed by atoms with van der Waals surface area (Å²) < 4.78 is 34.1. The summed E-state index contributed by atoms with van der Waals surface area (Å²) in [5.41, 5.74) is 8.97. The van der Waals surface area contributed by atoms with E-state index in [0.29, 0.717) is 34.8 Å². The van der Waals surface area contributed by atoms with E-state index in [-0.39, 0.29) is 10.8 Å². The molecule has 7 nitrogen and oxygen atoms in total. The van der Waals surface area contributed by atoms with E-state index in [2.05, 4.69) is 5.32 Å². The van der Waals surface area contributed by atoms with E-state index in [1.54, 1.807) is 60.7 Å². The number of ether oxygens (including phenoxy) is 1. The van der Waals surface area contributed by atoms with Gasteiger partial charge in [0.1, 0.15) is 12.4 Å². The molecule has 0 spiro atoms. The molecule has 3 N–H and O–H groups in total. The van der Waals surface area contributed by atoms with E-state index in [1.165, 1.54) is 28.4 Å². The van der Waals surface area contributed by atoms with Crippen LogP contribution in [0.1, 0.15) is 11.1 Å². The number of nitrogens with two attached hydrogens (primary N) is 1. The molecule has 0 radical (unpaired) electrons. The van der Waals surface area contributed by atoms with Crippen LogP contribution in [0.4, 0.5) is 11.4 Å². The van der Waals surface area contributed by atoms with Crippen LogP contribution in [0.15, 0.2) is 120 Å². The SMILES string of the molecule is Nc1ccccc1NC(=O)/C=C/c1cccc(S(=O)(=O)n2ccc3cc(OCc4ccccc4)ccc32)c1. The van der Waals surface area contributed by atoms with Crippen molar-refractivity contribution in [2.24, 2.45) is 0 Å². The molecule has 0 unspecified atom stereocenters. The number of carbonyl (C=O) groups is 1. The zero-order chi connectivity index (χ0) is 26.5.